The number of nitrogens with one attached hydrogen (secondary N) is 2. The Morgan fingerprint density at radius 2 is 1.85 bits per heavy atom. The van der Waals surface area contributed by atoms with Gasteiger partial charge >= 0.3 is 0 Å². The van der Waals surface area contributed by atoms with E-state index in [1.807, 2.05) is 50.2 Å². The van der Waals surface area contributed by atoms with Gasteiger partial charge in [-0.1, -0.05) is 24.3 Å². The van der Waals surface area contributed by atoms with E-state index < -0.39 is 0 Å². The molecular weight excluding hydrogens is 460 g/mol. The predicted octanol–water partition coefficient (Wildman–Crippen LogP) is 4.15. The highest BCUT2D eigenvalue weighted by Crippen LogP contribution is 2.21. The number of ether oxygens (including phenoxy) is 2. The molecule has 2 aromatic rings. The number of para-hydroxylation sites is 1. The molecule has 0 fully saturated rings. The molecule has 0 spiro atoms. The summed E-state index contributed by atoms with van der Waals surface area (Å²) in [5.74, 6) is 1.30. The van der Waals surface area contributed by atoms with Crippen LogP contribution in [0.25, 0.3) is 0 Å². The molecule has 0 bridgehead atoms. The van der Waals surface area contributed by atoms with Gasteiger partial charge in [0, 0.05) is 7.05 Å². The Balaban J connectivity index is 0.00000364. The van der Waals surface area contributed by atoms with Gasteiger partial charge in [-0.25, -0.2) is 4.39 Å². The number of methoxy groups -OCH3 is 1. The molecule has 2 rings (SSSR count). The van der Waals surface area contributed by atoms with E-state index in [0.717, 1.165) is 11.3 Å². The maximum atomic E-state index is 13.9. The van der Waals surface area contributed by atoms with E-state index in [4.69, 9.17) is 9.47 Å². The molecule has 0 aliphatic rings. The maximum Gasteiger partial charge on any atom is 0.191 e. The van der Waals surface area contributed by atoms with Crippen LogP contribution in [0.5, 0.6) is 11.5 Å². The Bertz CT molecular complexity index is 728. The Morgan fingerprint density at radius 3 is 2.44 bits per heavy atom. The van der Waals surface area contributed by atoms with Crippen molar-refractivity contribution in [2.24, 2.45) is 4.99 Å². The number of benzene rings is 2. The van der Waals surface area contributed by atoms with Crippen molar-refractivity contribution >= 4 is 29.9 Å². The molecule has 27 heavy (non-hydrogen) atoms. The van der Waals surface area contributed by atoms with Gasteiger partial charge in [0.25, 0.3) is 0 Å². The van der Waals surface area contributed by atoms with Crippen LogP contribution in [0.4, 0.5) is 4.39 Å². The molecule has 7 heteroatoms. The number of hydrogen-bond donors (Lipinski definition) is 2. The van der Waals surface area contributed by atoms with Crippen molar-refractivity contribution < 1.29 is 13.9 Å². The summed E-state index contributed by atoms with van der Waals surface area (Å²) in [5.41, 5.74) is 0.805. The molecule has 5 nitrogen and oxygen atoms in total. The Labute approximate surface area is 177 Å². The average molecular weight is 487 g/mol. The Hall–Kier alpha value is -2.03. The summed E-state index contributed by atoms with van der Waals surface area (Å²) in [7, 11) is 3.14. The highest BCUT2D eigenvalue weighted by atomic mass is 127. The molecule has 0 radical (unpaired) electrons. The van der Waals surface area contributed by atoms with E-state index in [1.165, 1.54) is 13.2 Å². The van der Waals surface area contributed by atoms with E-state index >= 15 is 0 Å². The fraction of sp³-hybridized carbons (Fsp3) is 0.350. The SMILES string of the molecule is CN=C(NCC(C)Oc1ccccc1)NC(C)c1ccc(OC)c(F)c1.I. The fourth-order valence-corrected chi connectivity index (χ4v) is 2.45. The topological polar surface area (TPSA) is 54.9 Å². The van der Waals surface area contributed by atoms with Crippen LogP contribution in [0, 0.1) is 5.82 Å². The van der Waals surface area contributed by atoms with Gasteiger partial charge in [-0.15, -0.1) is 24.0 Å². The average Bonchev–Trinajstić information content (AvgIpc) is 2.65. The van der Waals surface area contributed by atoms with Crippen molar-refractivity contribution in [1.82, 2.24) is 10.6 Å². The Morgan fingerprint density at radius 1 is 1.15 bits per heavy atom. The molecule has 2 unspecified atom stereocenters. The highest BCUT2D eigenvalue weighted by molar-refractivity contribution is 14.0. The van der Waals surface area contributed by atoms with E-state index in [0.29, 0.717) is 12.5 Å². The standard InChI is InChI=1S/C20H26FN3O2.HI/c1-14(26-17-8-6-5-7-9-17)13-23-20(22-3)24-15(2)16-10-11-19(25-4)18(21)12-16;/h5-12,14-15H,13H2,1-4H3,(H2,22,23,24);1H. The van der Waals surface area contributed by atoms with Gasteiger partial charge in [0.05, 0.1) is 19.7 Å². The number of guanidine groups is 1. The lowest BCUT2D eigenvalue weighted by atomic mass is 10.1. The molecule has 0 saturated heterocycles. The monoisotopic (exact) mass is 487 g/mol. The number of rotatable bonds is 7. The van der Waals surface area contributed by atoms with Gasteiger partial charge in [0.2, 0.25) is 0 Å². The molecular formula is C20H27FIN3O2. The number of halogens is 2. The minimum Gasteiger partial charge on any atom is -0.494 e. The maximum absolute atomic E-state index is 13.9. The van der Waals surface area contributed by atoms with E-state index in [9.17, 15) is 4.39 Å². The van der Waals surface area contributed by atoms with Gasteiger partial charge in [0.1, 0.15) is 11.9 Å². The van der Waals surface area contributed by atoms with Gasteiger partial charge in [0.15, 0.2) is 17.5 Å². The molecule has 0 aliphatic carbocycles. The summed E-state index contributed by atoms with van der Waals surface area (Å²) in [6, 6.07) is 14.5. The van der Waals surface area contributed by atoms with Crippen molar-refractivity contribution in [3.8, 4) is 11.5 Å². The van der Waals surface area contributed by atoms with E-state index in [-0.39, 0.29) is 47.7 Å². The van der Waals surface area contributed by atoms with Gasteiger partial charge in [-0.05, 0) is 43.7 Å². The second-order valence-corrected chi connectivity index (χ2v) is 5.95. The van der Waals surface area contributed by atoms with Crippen molar-refractivity contribution in [1.29, 1.82) is 0 Å². The van der Waals surface area contributed by atoms with E-state index in [2.05, 4.69) is 15.6 Å². The van der Waals surface area contributed by atoms with Gasteiger partial charge in [-0.2, -0.15) is 0 Å². The molecule has 2 N–H and O–H groups in total. The zero-order chi connectivity index (χ0) is 18.9. The van der Waals surface area contributed by atoms with Crippen LogP contribution in [0.1, 0.15) is 25.5 Å². The summed E-state index contributed by atoms with van der Waals surface area (Å²) in [6.45, 7) is 4.51. The highest BCUT2D eigenvalue weighted by Gasteiger charge is 2.12. The Kier molecular flexibility index (Phi) is 9.92. The second kappa shape index (κ2) is 11.6. The molecule has 0 heterocycles. The number of hydrogen-bond acceptors (Lipinski definition) is 3. The van der Waals surface area contributed by atoms with Gasteiger partial charge in [-0.3, -0.25) is 4.99 Å². The van der Waals surface area contributed by atoms with Crippen molar-refractivity contribution in [2.45, 2.75) is 26.0 Å². The van der Waals surface area contributed by atoms with Crippen LogP contribution >= 0.6 is 24.0 Å². The van der Waals surface area contributed by atoms with Crippen LogP contribution in [0.2, 0.25) is 0 Å². The summed E-state index contributed by atoms with van der Waals surface area (Å²) in [6.07, 6.45) is -0.0373. The minimum atomic E-state index is -0.383. The van der Waals surface area contributed by atoms with Crippen LogP contribution in [-0.2, 0) is 0 Å². The third kappa shape index (κ3) is 7.24. The zero-order valence-corrected chi connectivity index (χ0v) is 18.4. The molecule has 0 amide bonds. The molecule has 0 saturated carbocycles. The van der Waals surface area contributed by atoms with Crippen molar-refractivity contribution in [3.63, 3.8) is 0 Å². The molecule has 0 aromatic heterocycles. The van der Waals surface area contributed by atoms with Crippen molar-refractivity contribution in [2.75, 3.05) is 20.7 Å². The normalized spacial score (nSPS) is 13.1. The van der Waals surface area contributed by atoms with Crippen LogP contribution in [0.3, 0.4) is 0 Å². The first kappa shape index (κ1) is 23.0. The van der Waals surface area contributed by atoms with Crippen molar-refractivity contribution in [3.05, 3.63) is 59.9 Å². The molecule has 148 valence electrons. The molecule has 0 aliphatic heterocycles. The minimum absolute atomic E-state index is 0. The molecule has 2 atom stereocenters. The largest absolute Gasteiger partial charge is 0.494 e. The smallest absolute Gasteiger partial charge is 0.191 e. The lowest BCUT2D eigenvalue weighted by Crippen LogP contribution is -2.42. The zero-order valence-electron chi connectivity index (χ0n) is 16.0. The van der Waals surface area contributed by atoms with E-state index in [1.54, 1.807) is 13.1 Å². The van der Waals surface area contributed by atoms with Crippen LogP contribution < -0.4 is 20.1 Å². The fourth-order valence-electron chi connectivity index (χ4n) is 2.45. The predicted molar refractivity (Wildman–Crippen MR) is 118 cm³/mol. The number of aliphatic imine (C=N–C) groups is 1. The van der Waals surface area contributed by atoms with Crippen LogP contribution in [-0.4, -0.2) is 32.8 Å². The summed E-state index contributed by atoms with van der Waals surface area (Å²) >= 11 is 0. The first-order valence-electron chi connectivity index (χ1n) is 8.55. The number of nitrogens with zero attached hydrogens (tertiary/aromatic N) is 1. The van der Waals surface area contributed by atoms with Gasteiger partial charge < -0.3 is 20.1 Å². The first-order chi connectivity index (χ1) is 12.5. The summed E-state index contributed by atoms with van der Waals surface area (Å²) in [4.78, 5) is 4.21. The second-order valence-electron chi connectivity index (χ2n) is 5.95. The summed E-state index contributed by atoms with van der Waals surface area (Å²) in [5, 5.41) is 6.47. The third-order valence-electron chi connectivity index (χ3n) is 3.89. The first-order valence-corrected chi connectivity index (χ1v) is 8.55. The lowest BCUT2D eigenvalue weighted by Gasteiger charge is -2.21. The summed E-state index contributed by atoms with van der Waals surface area (Å²) < 4.78 is 24.7. The lowest BCUT2D eigenvalue weighted by molar-refractivity contribution is 0.223. The molecule has 2 aromatic carbocycles. The van der Waals surface area contributed by atoms with Crippen LogP contribution in [0.15, 0.2) is 53.5 Å². The third-order valence-corrected chi connectivity index (χ3v) is 3.89. The quantitative estimate of drug-likeness (QED) is 0.350.